The summed E-state index contributed by atoms with van der Waals surface area (Å²) in [6.07, 6.45) is 1.10. The van der Waals surface area contributed by atoms with Crippen LogP contribution in [-0.4, -0.2) is 58.8 Å². The summed E-state index contributed by atoms with van der Waals surface area (Å²) in [6, 6.07) is 9.08. The number of benzene rings is 1. The maximum atomic E-state index is 12.6. The van der Waals surface area contributed by atoms with Crippen molar-refractivity contribution in [3.8, 4) is 5.69 Å². The van der Waals surface area contributed by atoms with Crippen molar-refractivity contribution in [2.75, 3.05) is 26.3 Å². The molecule has 1 fully saturated rings. The van der Waals surface area contributed by atoms with Crippen molar-refractivity contribution < 1.29 is 23.9 Å². The smallest absolute Gasteiger partial charge is 0.348 e. The summed E-state index contributed by atoms with van der Waals surface area (Å²) >= 11 is 7.57. The number of hydrogen-bond donors (Lipinski definition) is 0. The number of carbonyl (C=O) groups excluding carboxylic acids is 3. The van der Waals surface area contributed by atoms with Gasteiger partial charge in [0.05, 0.1) is 28.9 Å². The monoisotopic (exact) mass is 489 g/mol. The Morgan fingerprint density at radius 3 is 2.61 bits per heavy atom. The number of rotatable bonds is 6. The van der Waals surface area contributed by atoms with Gasteiger partial charge in [0.2, 0.25) is 0 Å². The van der Waals surface area contributed by atoms with E-state index in [1.807, 2.05) is 25.1 Å². The van der Waals surface area contributed by atoms with E-state index in [0.29, 0.717) is 42.4 Å². The molecule has 2 aromatic heterocycles. The van der Waals surface area contributed by atoms with Crippen LogP contribution in [0, 0.1) is 12.8 Å². The number of likely N-dealkylation sites (tertiary alicyclic amines) is 1. The van der Waals surface area contributed by atoms with Crippen molar-refractivity contribution in [2.45, 2.75) is 26.7 Å². The van der Waals surface area contributed by atoms with Crippen LogP contribution in [0.1, 0.15) is 35.1 Å². The van der Waals surface area contributed by atoms with E-state index in [9.17, 15) is 14.4 Å². The first-order valence-electron chi connectivity index (χ1n) is 10.7. The first kappa shape index (κ1) is 23.3. The van der Waals surface area contributed by atoms with Gasteiger partial charge in [-0.2, -0.15) is 5.10 Å². The van der Waals surface area contributed by atoms with Crippen LogP contribution < -0.4 is 0 Å². The molecule has 1 aliphatic rings. The van der Waals surface area contributed by atoms with Crippen LogP contribution in [0.3, 0.4) is 0 Å². The number of aromatic nitrogens is 2. The second kappa shape index (κ2) is 9.93. The Morgan fingerprint density at radius 1 is 1.18 bits per heavy atom. The van der Waals surface area contributed by atoms with E-state index in [2.05, 4.69) is 5.10 Å². The number of fused-ring (bicyclic) bond motifs is 1. The van der Waals surface area contributed by atoms with Gasteiger partial charge >= 0.3 is 11.9 Å². The number of hydrogen-bond acceptors (Lipinski definition) is 7. The van der Waals surface area contributed by atoms with Crippen molar-refractivity contribution in [1.29, 1.82) is 0 Å². The van der Waals surface area contributed by atoms with Crippen molar-refractivity contribution in [2.24, 2.45) is 5.92 Å². The fourth-order valence-electron chi connectivity index (χ4n) is 3.85. The molecule has 3 heterocycles. The Hall–Kier alpha value is -2.91. The first-order chi connectivity index (χ1) is 15.9. The fourth-order valence-corrected chi connectivity index (χ4v) is 5.13. The minimum Gasteiger partial charge on any atom is -0.466 e. The number of aryl methyl sites for hydroxylation is 1. The van der Waals surface area contributed by atoms with Crippen LogP contribution in [0.25, 0.3) is 15.9 Å². The Balaban J connectivity index is 1.39. The molecule has 0 unspecified atom stereocenters. The minimum atomic E-state index is -0.559. The van der Waals surface area contributed by atoms with Crippen LogP contribution in [-0.2, 0) is 19.1 Å². The second-order valence-corrected chi connectivity index (χ2v) is 9.20. The Morgan fingerprint density at radius 2 is 1.91 bits per heavy atom. The number of esters is 2. The lowest BCUT2D eigenvalue weighted by atomic mass is 9.97. The summed E-state index contributed by atoms with van der Waals surface area (Å²) < 4.78 is 12.1. The number of thiophene rings is 1. The SMILES string of the molecule is CCOC(=O)C1CCN(C(=O)COC(=O)c2cc3c(C)nn(-c4ccccc4Cl)c3s2)CC1. The van der Waals surface area contributed by atoms with Crippen LogP contribution >= 0.6 is 22.9 Å². The molecule has 1 aromatic carbocycles. The number of amides is 1. The van der Waals surface area contributed by atoms with E-state index in [1.54, 1.807) is 28.6 Å². The Kier molecular flexibility index (Phi) is 6.99. The van der Waals surface area contributed by atoms with Crippen LogP contribution in [0.5, 0.6) is 0 Å². The molecule has 0 radical (unpaired) electrons. The number of para-hydroxylation sites is 1. The van der Waals surface area contributed by atoms with E-state index in [0.717, 1.165) is 21.6 Å². The minimum absolute atomic E-state index is 0.184. The molecule has 0 saturated carbocycles. The number of carbonyl (C=O) groups is 3. The lowest BCUT2D eigenvalue weighted by Gasteiger charge is -2.30. The van der Waals surface area contributed by atoms with Gasteiger partial charge in [-0.15, -0.1) is 11.3 Å². The molecule has 10 heteroatoms. The normalized spacial score (nSPS) is 14.5. The summed E-state index contributed by atoms with van der Waals surface area (Å²) in [5.41, 5.74) is 1.49. The van der Waals surface area contributed by atoms with Crippen LogP contribution in [0.4, 0.5) is 0 Å². The van der Waals surface area contributed by atoms with Gasteiger partial charge in [-0.05, 0) is 44.9 Å². The molecule has 4 rings (SSSR count). The van der Waals surface area contributed by atoms with Crippen molar-refractivity contribution in [3.05, 3.63) is 45.9 Å². The molecular weight excluding hydrogens is 466 g/mol. The van der Waals surface area contributed by atoms with Gasteiger partial charge < -0.3 is 14.4 Å². The highest BCUT2D eigenvalue weighted by atomic mass is 35.5. The van der Waals surface area contributed by atoms with Crippen LogP contribution in [0.2, 0.25) is 5.02 Å². The van der Waals surface area contributed by atoms with E-state index >= 15 is 0 Å². The lowest BCUT2D eigenvalue weighted by Crippen LogP contribution is -2.42. The van der Waals surface area contributed by atoms with Gasteiger partial charge in [0.25, 0.3) is 5.91 Å². The summed E-state index contributed by atoms with van der Waals surface area (Å²) in [4.78, 5) is 39.8. The lowest BCUT2D eigenvalue weighted by molar-refractivity contribution is -0.151. The number of piperidine rings is 1. The van der Waals surface area contributed by atoms with Crippen molar-refractivity contribution in [3.63, 3.8) is 0 Å². The average molecular weight is 490 g/mol. The average Bonchev–Trinajstić information content (AvgIpc) is 3.38. The molecule has 8 nitrogen and oxygen atoms in total. The van der Waals surface area contributed by atoms with Crippen molar-refractivity contribution in [1.82, 2.24) is 14.7 Å². The number of halogens is 1. The van der Waals surface area contributed by atoms with E-state index in [4.69, 9.17) is 21.1 Å². The fraction of sp³-hybridized carbons (Fsp3) is 0.391. The Bertz CT molecular complexity index is 1200. The third-order valence-corrected chi connectivity index (χ3v) is 7.03. The van der Waals surface area contributed by atoms with Gasteiger partial charge in [0.15, 0.2) is 6.61 Å². The second-order valence-electron chi connectivity index (χ2n) is 7.76. The first-order valence-corrected chi connectivity index (χ1v) is 11.9. The standard InChI is InChI=1S/C23H24ClN3O5S/c1-3-31-22(29)15-8-10-26(11-9-15)20(28)13-32-23(30)19-12-16-14(2)25-27(21(16)33-19)18-7-5-4-6-17(18)24/h4-7,12,15H,3,8-11,13H2,1-2H3. The van der Waals surface area contributed by atoms with Crippen LogP contribution in [0.15, 0.2) is 30.3 Å². The highest BCUT2D eigenvalue weighted by molar-refractivity contribution is 7.20. The zero-order chi connectivity index (χ0) is 23.5. The van der Waals surface area contributed by atoms with Gasteiger partial charge in [0.1, 0.15) is 9.71 Å². The molecule has 0 atom stereocenters. The number of ether oxygens (including phenoxy) is 2. The molecule has 0 N–H and O–H groups in total. The Labute approximate surface area is 200 Å². The molecule has 0 spiro atoms. The number of nitrogens with zero attached hydrogens (tertiary/aromatic N) is 3. The zero-order valence-electron chi connectivity index (χ0n) is 18.4. The van der Waals surface area contributed by atoms with Gasteiger partial charge in [-0.1, -0.05) is 23.7 Å². The molecule has 1 amide bonds. The molecule has 0 aliphatic carbocycles. The predicted molar refractivity (Wildman–Crippen MR) is 125 cm³/mol. The predicted octanol–water partition coefficient (Wildman–Crippen LogP) is 4.01. The molecule has 3 aromatic rings. The third-order valence-electron chi connectivity index (χ3n) is 5.62. The molecule has 33 heavy (non-hydrogen) atoms. The van der Waals surface area contributed by atoms with Gasteiger partial charge in [0, 0.05) is 18.5 Å². The summed E-state index contributed by atoms with van der Waals surface area (Å²) in [5, 5.41) is 5.93. The summed E-state index contributed by atoms with van der Waals surface area (Å²) in [7, 11) is 0. The third kappa shape index (κ3) is 4.89. The molecule has 1 aliphatic heterocycles. The largest absolute Gasteiger partial charge is 0.466 e. The van der Waals surface area contributed by atoms with E-state index in [1.165, 1.54) is 11.3 Å². The zero-order valence-corrected chi connectivity index (χ0v) is 19.9. The topological polar surface area (TPSA) is 90.7 Å². The maximum absolute atomic E-state index is 12.6. The summed E-state index contributed by atoms with van der Waals surface area (Å²) in [6.45, 7) is 4.52. The highest BCUT2D eigenvalue weighted by Gasteiger charge is 2.29. The van der Waals surface area contributed by atoms with Gasteiger partial charge in [-0.25, -0.2) is 9.48 Å². The quantitative estimate of drug-likeness (QED) is 0.486. The maximum Gasteiger partial charge on any atom is 0.348 e. The molecule has 0 bridgehead atoms. The van der Waals surface area contributed by atoms with E-state index < -0.39 is 5.97 Å². The highest BCUT2D eigenvalue weighted by Crippen LogP contribution is 2.32. The summed E-state index contributed by atoms with van der Waals surface area (Å²) in [5.74, 6) is -1.23. The molecule has 174 valence electrons. The molecular formula is C23H24ClN3O5S. The van der Waals surface area contributed by atoms with E-state index in [-0.39, 0.29) is 24.4 Å². The van der Waals surface area contributed by atoms with Crippen molar-refractivity contribution >= 4 is 51.0 Å². The molecule has 1 saturated heterocycles. The van der Waals surface area contributed by atoms with Gasteiger partial charge in [-0.3, -0.25) is 9.59 Å².